The molecule has 0 bridgehead atoms. The van der Waals surface area contributed by atoms with Gasteiger partial charge in [0.05, 0.1) is 5.70 Å². The molecule has 0 saturated carbocycles. The topological polar surface area (TPSA) is 53.6 Å². The number of anilines is 1. The number of nitrogens with one attached hydrogen (secondary N) is 2. The lowest BCUT2D eigenvalue weighted by atomic mass is 9.86. The molecule has 0 unspecified atom stereocenters. The molecule has 2 aromatic rings. The average molecular weight is 406 g/mol. The number of rotatable bonds is 2. The fourth-order valence-electron chi connectivity index (χ4n) is 4.03. The number of benzene rings is 2. The van der Waals surface area contributed by atoms with Gasteiger partial charge in [-0.1, -0.05) is 57.2 Å². The smallest absolute Gasteiger partial charge is 0.321 e. The van der Waals surface area contributed by atoms with E-state index in [9.17, 15) is 4.79 Å². The number of carbonyl (C=O) groups is 1. The number of hydrogen-bond acceptors (Lipinski definition) is 3. The molecule has 5 heteroatoms. The maximum Gasteiger partial charge on any atom is 0.321 e. The molecule has 2 aliphatic rings. The standard InChI is InChI=1S/C25H31N3O2/c1-18-6-5-7-21(16-18)26-23(29)28-14-12-25(13-15-28)17-22(27-30-25)19-8-10-20(11-9-19)24(2,3)4/h5-11,16-17,27H,12-15H2,1-4H3,(H,26,29). The van der Waals surface area contributed by atoms with Gasteiger partial charge in [-0.15, -0.1) is 0 Å². The van der Waals surface area contributed by atoms with Crippen LogP contribution in [0.2, 0.25) is 0 Å². The maximum absolute atomic E-state index is 12.6. The van der Waals surface area contributed by atoms with Crippen molar-refractivity contribution in [3.63, 3.8) is 0 Å². The van der Waals surface area contributed by atoms with Gasteiger partial charge in [0.1, 0.15) is 5.60 Å². The van der Waals surface area contributed by atoms with Gasteiger partial charge in [0.15, 0.2) is 0 Å². The van der Waals surface area contributed by atoms with Crippen molar-refractivity contribution in [1.82, 2.24) is 10.4 Å². The summed E-state index contributed by atoms with van der Waals surface area (Å²) in [5, 5.41) is 3.00. The second kappa shape index (κ2) is 7.80. The summed E-state index contributed by atoms with van der Waals surface area (Å²) < 4.78 is 0. The largest absolute Gasteiger partial charge is 0.324 e. The van der Waals surface area contributed by atoms with Gasteiger partial charge in [-0.25, -0.2) is 4.79 Å². The Balaban J connectivity index is 1.38. The molecule has 0 aliphatic carbocycles. The van der Waals surface area contributed by atoms with Crippen LogP contribution in [0.3, 0.4) is 0 Å². The molecule has 1 fully saturated rings. The minimum Gasteiger partial charge on any atom is -0.324 e. The quantitative estimate of drug-likeness (QED) is 0.719. The fraction of sp³-hybridized carbons (Fsp3) is 0.400. The summed E-state index contributed by atoms with van der Waals surface area (Å²) in [5.41, 5.74) is 8.32. The van der Waals surface area contributed by atoms with Gasteiger partial charge in [0.2, 0.25) is 0 Å². The Labute approximate surface area is 179 Å². The molecule has 5 nitrogen and oxygen atoms in total. The lowest BCUT2D eigenvalue weighted by molar-refractivity contribution is -0.0634. The highest BCUT2D eigenvalue weighted by atomic mass is 16.7. The van der Waals surface area contributed by atoms with Crippen LogP contribution in [-0.4, -0.2) is 29.6 Å². The zero-order valence-electron chi connectivity index (χ0n) is 18.3. The summed E-state index contributed by atoms with van der Waals surface area (Å²) in [6.07, 6.45) is 3.73. The molecule has 2 amide bonds. The van der Waals surface area contributed by atoms with Crippen LogP contribution in [0, 0.1) is 6.92 Å². The van der Waals surface area contributed by atoms with E-state index in [1.807, 2.05) is 36.1 Å². The predicted octanol–water partition coefficient (Wildman–Crippen LogP) is 5.23. The summed E-state index contributed by atoms with van der Waals surface area (Å²) in [5.74, 6) is 0. The Hall–Kier alpha value is -2.79. The van der Waals surface area contributed by atoms with E-state index in [2.05, 4.69) is 61.9 Å². The van der Waals surface area contributed by atoms with E-state index in [1.54, 1.807) is 0 Å². The highest BCUT2D eigenvalue weighted by molar-refractivity contribution is 5.89. The van der Waals surface area contributed by atoms with Crippen LogP contribution in [0.25, 0.3) is 5.70 Å². The van der Waals surface area contributed by atoms with Gasteiger partial charge in [0, 0.05) is 31.6 Å². The Kier molecular flexibility index (Phi) is 5.33. The van der Waals surface area contributed by atoms with E-state index in [4.69, 9.17) is 4.84 Å². The van der Waals surface area contributed by atoms with Crippen molar-refractivity contribution in [1.29, 1.82) is 0 Å². The van der Waals surface area contributed by atoms with E-state index >= 15 is 0 Å². The zero-order chi connectivity index (χ0) is 21.4. The van der Waals surface area contributed by atoms with Crippen molar-refractivity contribution in [2.45, 2.75) is 51.6 Å². The summed E-state index contributed by atoms with van der Waals surface area (Å²) in [7, 11) is 0. The normalized spacial score (nSPS) is 18.1. The molecule has 2 heterocycles. The maximum atomic E-state index is 12.6. The number of likely N-dealkylation sites (tertiary alicyclic amines) is 1. The average Bonchev–Trinajstić information content (AvgIpc) is 3.11. The van der Waals surface area contributed by atoms with Crippen molar-refractivity contribution in [3.05, 3.63) is 71.3 Å². The molecule has 2 N–H and O–H groups in total. The number of hydrogen-bond donors (Lipinski definition) is 2. The molecule has 2 aliphatic heterocycles. The minimum absolute atomic E-state index is 0.0524. The predicted molar refractivity (Wildman–Crippen MR) is 121 cm³/mol. The van der Waals surface area contributed by atoms with Gasteiger partial charge < -0.3 is 10.2 Å². The Morgan fingerprint density at radius 3 is 2.43 bits per heavy atom. The van der Waals surface area contributed by atoms with Gasteiger partial charge >= 0.3 is 6.03 Å². The van der Waals surface area contributed by atoms with Crippen LogP contribution in [0.5, 0.6) is 0 Å². The highest BCUT2D eigenvalue weighted by Gasteiger charge is 2.40. The van der Waals surface area contributed by atoms with Crippen molar-refractivity contribution in [3.8, 4) is 0 Å². The molecule has 1 spiro atoms. The van der Waals surface area contributed by atoms with E-state index in [1.165, 1.54) is 5.56 Å². The van der Waals surface area contributed by atoms with Gasteiger partial charge in [-0.2, -0.15) is 0 Å². The summed E-state index contributed by atoms with van der Waals surface area (Å²) >= 11 is 0. The number of aryl methyl sites for hydroxylation is 1. The minimum atomic E-state index is -0.349. The van der Waals surface area contributed by atoms with Crippen LogP contribution in [0.4, 0.5) is 10.5 Å². The number of hydroxylamine groups is 1. The van der Waals surface area contributed by atoms with Gasteiger partial charge in [0.25, 0.3) is 0 Å². The zero-order valence-corrected chi connectivity index (χ0v) is 18.3. The molecule has 158 valence electrons. The van der Waals surface area contributed by atoms with Crippen molar-refractivity contribution < 1.29 is 9.63 Å². The molecule has 0 aromatic heterocycles. The van der Waals surface area contributed by atoms with E-state index in [0.29, 0.717) is 13.1 Å². The van der Waals surface area contributed by atoms with Crippen LogP contribution in [0.15, 0.2) is 54.6 Å². The first-order valence-electron chi connectivity index (χ1n) is 10.6. The Bertz CT molecular complexity index is 949. The SMILES string of the molecule is Cc1cccc(NC(=O)N2CCC3(C=C(c4ccc(C(C)(C)C)cc4)NO3)CC2)c1. The molecular weight excluding hydrogens is 374 g/mol. The summed E-state index contributed by atoms with van der Waals surface area (Å²) in [4.78, 5) is 20.5. The van der Waals surface area contributed by atoms with Gasteiger partial charge in [-0.3, -0.25) is 10.3 Å². The number of piperidine rings is 1. The molecule has 1 saturated heterocycles. The third-order valence-corrected chi connectivity index (χ3v) is 6.00. The molecule has 30 heavy (non-hydrogen) atoms. The second-order valence-electron chi connectivity index (χ2n) is 9.44. The number of amides is 2. The lowest BCUT2D eigenvalue weighted by Gasteiger charge is -2.36. The summed E-state index contributed by atoms with van der Waals surface area (Å²) in [6.45, 7) is 9.99. The van der Waals surface area contributed by atoms with Crippen molar-refractivity contribution in [2.75, 3.05) is 18.4 Å². The first-order valence-corrected chi connectivity index (χ1v) is 10.6. The number of carbonyl (C=O) groups excluding carboxylic acids is 1. The number of urea groups is 1. The van der Waals surface area contributed by atoms with Crippen molar-refractivity contribution in [2.24, 2.45) is 0 Å². The van der Waals surface area contributed by atoms with Crippen LogP contribution in [0.1, 0.15) is 50.3 Å². The van der Waals surface area contributed by atoms with Crippen LogP contribution < -0.4 is 10.8 Å². The highest BCUT2D eigenvalue weighted by Crippen LogP contribution is 2.35. The number of nitrogens with zero attached hydrogens (tertiary/aromatic N) is 1. The van der Waals surface area contributed by atoms with E-state index in [-0.39, 0.29) is 17.0 Å². The molecular formula is C25H31N3O2. The lowest BCUT2D eigenvalue weighted by Crippen LogP contribution is -2.48. The molecule has 4 rings (SSSR count). The Morgan fingerprint density at radius 1 is 1.10 bits per heavy atom. The molecule has 2 aromatic carbocycles. The fourth-order valence-corrected chi connectivity index (χ4v) is 4.03. The third-order valence-electron chi connectivity index (χ3n) is 6.00. The van der Waals surface area contributed by atoms with Crippen LogP contribution >= 0.6 is 0 Å². The molecule has 0 atom stereocenters. The van der Waals surface area contributed by atoms with E-state index in [0.717, 1.165) is 35.4 Å². The summed E-state index contributed by atoms with van der Waals surface area (Å²) in [6, 6.07) is 16.5. The van der Waals surface area contributed by atoms with Gasteiger partial charge in [-0.05, 0) is 47.2 Å². The first-order chi connectivity index (χ1) is 14.2. The molecule has 0 radical (unpaired) electrons. The monoisotopic (exact) mass is 405 g/mol. The van der Waals surface area contributed by atoms with Crippen molar-refractivity contribution >= 4 is 17.4 Å². The first kappa shape index (κ1) is 20.5. The second-order valence-corrected chi connectivity index (χ2v) is 9.44. The van der Waals surface area contributed by atoms with E-state index < -0.39 is 0 Å². The Morgan fingerprint density at radius 2 is 1.80 bits per heavy atom. The third kappa shape index (κ3) is 4.36. The van der Waals surface area contributed by atoms with Crippen LogP contribution in [-0.2, 0) is 10.3 Å².